The number of nitrogens with zero attached hydrogens (tertiary/aromatic N) is 2. The minimum Gasteiger partial charge on any atom is -0.316 e. The van der Waals surface area contributed by atoms with Crippen LogP contribution < -0.4 is 5.32 Å². The number of pyridine rings is 1. The molecule has 0 aliphatic carbocycles. The lowest BCUT2D eigenvalue weighted by atomic mass is 10.0. The summed E-state index contributed by atoms with van der Waals surface area (Å²) in [6.45, 7) is 5.77. The van der Waals surface area contributed by atoms with Gasteiger partial charge in [0.15, 0.2) is 0 Å². The molecular formula is C15H23N3. The molecule has 0 saturated carbocycles. The van der Waals surface area contributed by atoms with Crippen LogP contribution in [0.15, 0.2) is 18.2 Å². The smallest absolute Gasteiger partial charge is 0.0547 e. The fourth-order valence-corrected chi connectivity index (χ4v) is 3.07. The molecule has 2 saturated heterocycles. The molecule has 18 heavy (non-hydrogen) atoms. The van der Waals surface area contributed by atoms with Crippen molar-refractivity contribution in [2.75, 3.05) is 26.2 Å². The van der Waals surface area contributed by atoms with Crippen molar-refractivity contribution in [3.63, 3.8) is 0 Å². The summed E-state index contributed by atoms with van der Waals surface area (Å²) in [5.74, 6) is 0.631. The highest BCUT2D eigenvalue weighted by molar-refractivity contribution is 5.16. The second-order valence-electron chi connectivity index (χ2n) is 5.58. The molecule has 3 heteroatoms. The minimum atomic E-state index is 0.631. The Bertz CT molecular complexity index is 379. The molecule has 98 valence electrons. The maximum atomic E-state index is 4.87. The summed E-state index contributed by atoms with van der Waals surface area (Å²) in [4.78, 5) is 7.41. The van der Waals surface area contributed by atoms with Crippen molar-refractivity contribution in [2.24, 2.45) is 0 Å². The van der Waals surface area contributed by atoms with E-state index < -0.39 is 0 Å². The molecule has 3 rings (SSSR count). The van der Waals surface area contributed by atoms with Crippen LogP contribution in [0, 0.1) is 0 Å². The monoisotopic (exact) mass is 245 g/mol. The zero-order valence-corrected chi connectivity index (χ0v) is 11.1. The van der Waals surface area contributed by atoms with E-state index in [9.17, 15) is 0 Å². The summed E-state index contributed by atoms with van der Waals surface area (Å²) in [5, 5.41) is 3.42. The van der Waals surface area contributed by atoms with Crippen LogP contribution in [0.4, 0.5) is 0 Å². The van der Waals surface area contributed by atoms with Crippen molar-refractivity contribution in [3.8, 4) is 0 Å². The number of nitrogens with one attached hydrogen (secondary N) is 1. The van der Waals surface area contributed by atoms with Gasteiger partial charge in [0.05, 0.1) is 5.69 Å². The maximum absolute atomic E-state index is 4.87. The molecule has 0 aromatic carbocycles. The second-order valence-corrected chi connectivity index (χ2v) is 5.58. The standard InChI is InChI=1S/C15H23N3/c1-2-9-18(10-3-1)12-14-5-4-6-15(17-14)13-7-8-16-11-13/h4-6,13,16H,1-3,7-12H2. The highest BCUT2D eigenvalue weighted by atomic mass is 15.1. The number of hydrogen-bond acceptors (Lipinski definition) is 3. The second kappa shape index (κ2) is 5.81. The Kier molecular flexibility index (Phi) is 3.91. The van der Waals surface area contributed by atoms with Crippen LogP contribution in [0.1, 0.15) is 43.0 Å². The zero-order chi connectivity index (χ0) is 12.2. The lowest BCUT2D eigenvalue weighted by Crippen LogP contribution is -2.29. The number of likely N-dealkylation sites (tertiary alicyclic amines) is 1. The van der Waals surface area contributed by atoms with E-state index in [1.54, 1.807) is 0 Å². The highest BCUT2D eigenvalue weighted by Gasteiger charge is 2.18. The average molecular weight is 245 g/mol. The van der Waals surface area contributed by atoms with Gasteiger partial charge < -0.3 is 5.32 Å². The van der Waals surface area contributed by atoms with Gasteiger partial charge in [0.2, 0.25) is 0 Å². The Balaban J connectivity index is 1.66. The Morgan fingerprint density at radius 2 is 2.11 bits per heavy atom. The fraction of sp³-hybridized carbons (Fsp3) is 0.667. The van der Waals surface area contributed by atoms with Gasteiger partial charge in [-0.15, -0.1) is 0 Å². The Hall–Kier alpha value is -0.930. The summed E-state index contributed by atoms with van der Waals surface area (Å²) in [5.41, 5.74) is 2.54. The molecule has 0 bridgehead atoms. The number of aromatic nitrogens is 1. The van der Waals surface area contributed by atoms with Gasteiger partial charge in [0.25, 0.3) is 0 Å². The third kappa shape index (κ3) is 2.90. The maximum Gasteiger partial charge on any atom is 0.0547 e. The van der Waals surface area contributed by atoms with E-state index in [1.807, 2.05) is 0 Å². The van der Waals surface area contributed by atoms with E-state index >= 15 is 0 Å². The molecule has 1 aromatic rings. The van der Waals surface area contributed by atoms with Crippen molar-refractivity contribution in [1.82, 2.24) is 15.2 Å². The van der Waals surface area contributed by atoms with Crippen LogP contribution in [0.25, 0.3) is 0 Å². The molecule has 3 nitrogen and oxygen atoms in total. The van der Waals surface area contributed by atoms with Gasteiger partial charge in [-0.2, -0.15) is 0 Å². The quantitative estimate of drug-likeness (QED) is 0.884. The third-order valence-corrected chi connectivity index (χ3v) is 4.14. The number of hydrogen-bond donors (Lipinski definition) is 1. The lowest BCUT2D eigenvalue weighted by molar-refractivity contribution is 0.218. The Morgan fingerprint density at radius 3 is 2.89 bits per heavy atom. The summed E-state index contributed by atoms with van der Waals surface area (Å²) < 4.78 is 0. The summed E-state index contributed by atoms with van der Waals surface area (Å²) >= 11 is 0. The van der Waals surface area contributed by atoms with E-state index in [2.05, 4.69) is 28.4 Å². The van der Waals surface area contributed by atoms with Crippen molar-refractivity contribution >= 4 is 0 Å². The SMILES string of the molecule is c1cc(CN2CCCCC2)nc(C2CCNC2)c1. The van der Waals surface area contributed by atoms with Crippen molar-refractivity contribution in [2.45, 2.75) is 38.1 Å². The van der Waals surface area contributed by atoms with Gasteiger partial charge in [-0.3, -0.25) is 9.88 Å². The van der Waals surface area contributed by atoms with E-state index in [1.165, 1.54) is 50.2 Å². The molecule has 0 radical (unpaired) electrons. The molecular weight excluding hydrogens is 222 g/mol. The first-order chi connectivity index (χ1) is 8.92. The Labute approximate surface area is 110 Å². The van der Waals surface area contributed by atoms with Gasteiger partial charge in [0.1, 0.15) is 0 Å². The van der Waals surface area contributed by atoms with Crippen molar-refractivity contribution in [1.29, 1.82) is 0 Å². The van der Waals surface area contributed by atoms with Crippen LogP contribution in [0.5, 0.6) is 0 Å². The summed E-state index contributed by atoms with van der Waals surface area (Å²) in [6.07, 6.45) is 5.34. The predicted molar refractivity (Wildman–Crippen MR) is 73.6 cm³/mol. The molecule has 2 aliphatic heterocycles. The molecule has 2 aliphatic rings. The molecule has 3 heterocycles. The van der Waals surface area contributed by atoms with Crippen LogP contribution in [0.3, 0.4) is 0 Å². The van der Waals surface area contributed by atoms with Crippen LogP contribution in [-0.4, -0.2) is 36.1 Å². The Morgan fingerprint density at radius 1 is 1.22 bits per heavy atom. The van der Waals surface area contributed by atoms with Crippen molar-refractivity contribution < 1.29 is 0 Å². The first-order valence-corrected chi connectivity index (χ1v) is 7.31. The molecule has 1 atom stereocenters. The molecule has 0 amide bonds. The lowest BCUT2D eigenvalue weighted by Gasteiger charge is -2.26. The predicted octanol–water partition coefficient (Wildman–Crippen LogP) is 2.14. The fourth-order valence-electron chi connectivity index (χ4n) is 3.07. The third-order valence-electron chi connectivity index (χ3n) is 4.14. The molecule has 2 fully saturated rings. The molecule has 1 aromatic heterocycles. The zero-order valence-electron chi connectivity index (χ0n) is 11.1. The van der Waals surface area contributed by atoms with Gasteiger partial charge in [-0.1, -0.05) is 12.5 Å². The van der Waals surface area contributed by atoms with Crippen LogP contribution in [0.2, 0.25) is 0 Å². The van der Waals surface area contributed by atoms with Gasteiger partial charge in [0, 0.05) is 24.7 Å². The highest BCUT2D eigenvalue weighted by Crippen LogP contribution is 2.21. The molecule has 0 spiro atoms. The molecule has 1 unspecified atom stereocenters. The van der Waals surface area contributed by atoms with Crippen LogP contribution in [-0.2, 0) is 6.54 Å². The largest absolute Gasteiger partial charge is 0.316 e. The first-order valence-electron chi connectivity index (χ1n) is 7.31. The topological polar surface area (TPSA) is 28.2 Å². The van der Waals surface area contributed by atoms with Gasteiger partial charge in [-0.25, -0.2) is 0 Å². The van der Waals surface area contributed by atoms with Crippen molar-refractivity contribution in [3.05, 3.63) is 29.6 Å². The van der Waals surface area contributed by atoms with E-state index in [-0.39, 0.29) is 0 Å². The summed E-state index contributed by atoms with van der Waals surface area (Å²) in [6, 6.07) is 6.55. The van der Waals surface area contributed by atoms with Gasteiger partial charge >= 0.3 is 0 Å². The average Bonchev–Trinajstić information content (AvgIpc) is 2.94. The normalized spacial score (nSPS) is 25.4. The summed E-state index contributed by atoms with van der Waals surface area (Å²) in [7, 11) is 0. The van der Waals surface area contributed by atoms with E-state index in [0.29, 0.717) is 5.92 Å². The van der Waals surface area contributed by atoms with E-state index in [4.69, 9.17) is 4.98 Å². The first kappa shape index (κ1) is 12.1. The number of rotatable bonds is 3. The van der Waals surface area contributed by atoms with Gasteiger partial charge in [-0.05, 0) is 51.0 Å². The van der Waals surface area contributed by atoms with E-state index in [0.717, 1.165) is 19.6 Å². The molecule has 1 N–H and O–H groups in total. The number of piperidine rings is 1. The minimum absolute atomic E-state index is 0.631. The van der Waals surface area contributed by atoms with Crippen LogP contribution >= 0.6 is 0 Å².